The fourth-order valence-corrected chi connectivity index (χ4v) is 3.22. The smallest absolute Gasteiger partial charge is 0.355 e. The molecule has 6 nitrogen and oxygen atoms in total. The quantitative estimate of drug-likeness (QED) is 0.813. The van der Waals surface area contributed by atoms with Crippen LogP contribution in [0.5, 0.6) is 0 Å². The van der Waals surface area contributed by atoms with E-state index in [4.69, 9.17) is 9.15 Å². The zero-order valence-corrected chi connectivity index (χ0v) is 13.6. The second kappa shape index (κ2) is 6.48. The van der Waals surface area contributed by atoms with Crippen molar-refractivity contribution < 1.29 is 18.7 Å². The lowest BCUT2D eigenvalue weighted by Gasteiger charge is -2.33. The van der Waals surface area contributed by atoms with Crippen LogP contribution >= 0.6 is 0 Å². The number of carbonyl (C=O) groups is 2. The molecular weight excluding hydrogens is 296 g/mol. The van der Waals surface area contributed by atoms with Crippen LogP contribution in [0.15, 0.2) is 22.8 Å². The Morgan fingerprint density at radius 1 is 1.39 bits per heavy atom. The number of nitrogens with zero attached hydrogens (tertiary/aromatic N) is 2. The number of rotatable bonds is 4. The molecule has 3 heterocycles. The monoisotopic (exact) mass is 318 g/mol. The maximum Gasteiger partial charge on any atom is 0.355 e. The van der Waals surface area contributed by atoms with E-state index in [9.17, 15) is 9.59 Å². The number of furan rings is 1. The second-order valence-electron chi connectivity index (χ2n) is 5.94. The van der Waals surface area contributed by atoms with Crippen LogP contribution in [-0.4, -0.2) is 40.5 Å². The van der Waals surface area contributed by atoms with Crippen LogP contribution < -0.4 is 0 Å². The maximum atomic E-state index is 12.7. The van der Waals surface area contributed by atoms with Gasteiger partial charge in [-0.25, -0.2) is 4.79 Å². The molecule has 23 heavy (non-hydrogen) atoms. The van der Waals surface area contributed by atoms with Crippen LogP contribution in [-0.2, 0) is 16.1 Å². The van der Waals surface area contributed by atoms with E-state index in [-0.39, 0.29) is 18.5 Å². The van der Waals surface area contributed by atoms with Crippen molar-refractivity contribution in [1.82, 2.24) is 9.47 Å². The van der Waals surface area contributed by atoms with Crippen LogP contribution in [0.4, 0.5) is 0 Å². The molecule has 2 aromatic rings. The van der Waals surface area contributed by atoms with Crippen LogP contribution in [0.3, 0.4) is 0 Å². The number of fused-ring (bicyclic) bond motifs is 1. The average molecular weight is 318 g/mol. The molecule has 0 aromatic carbocycles. The van der Waals surface area contributed by atoms with Crippen molar-refractivity contribution in [1.29, 1.82) is 0 Å². The normalized spacial score (nSPS) is 18.3. The molecule has 1 saturated heterocycles. The maximum absolute atomic E-state index is 12.7. The molecule has 124 valence electrons. The second-order valence-corrected chi connectivity index (χ2v) is 5.94. The first-order chi connectivity index (χ1) is 11.1. The summed E-state index contributed by atoms with van der Waals surface area (Å²) in [6.07, 6.45) is 4.79. The average Bonchev–Trinajstić information content (AvgIpc) is 3.10. The Bertz CT molecular complexity index is 715. The van der Waals surface area contributed by atoms with Crippen LogP contribution in [0.2, 0.25) is 0 Å². The number of carbonyl (C=O) groups excluding carboxylic acids is 2. The lowest BCUT2D eigenvalue weighted by molar-refractivity contribution is -0.135. The SMILES string of the molecule is CCOC(=O)c1cc2occc2n1CC(=O)N1CCCC[C@@H]1C. The minimum atomic E-state index is -0.432. The number of likely N-dealkylation sites (tertiary alicyclic amines) is 1. The van der Waals surface area contributed by atoms with Gasteiger partial charge in [0.2, 0.25) is 5.91 Å². The number of hydrogen-bond acceptors (Lipinski definition) is 4. The Morgan fingerprint density at radius 3 is 2.96 bits per heavy atom. The van der Waals surface area contributed by atoms with E-state index < -0.39 is 5.97 Å². The fraction of sp³-hybridized carbons (Fsp3) is 0.529. The molecule has 0 N–H and O–H groups in total. The van der Waals surface area contributed by atoms with Crippen molar-refractivity contribution in [2.24, 2.45) is 0 Å². The lowest BCUT2D eigenvalue weighted by Crippen LogP contribution is -2.43. The number of piperidine rings is 1. The highest BCUT2D eigenvalue weighted by atomic mass is 16.5. The Kier molecular flexibility index (Phi) is 4.41. The highest BCUT2D eigenvalue weighted by Gasteiger charge is 2.26. The molecule has 0 saturated carbocycles. The van der Waals surface area contributed by atoms with Crippen molar-refractivity contribution in [2.45, 2.75) is 45.7 Å². The molecule has 3 rings (SSSR count). The molecule has 0 spiro atoms. The molecule has 1 fully saturated rings. The van der Waals surface area contributed by atoms with Crippen molar-refractivity contribution in [3.05, 3.63) is 24.1 Å². The van der Waals surface area contributed by atoms with E-state index >= 15 is 0 Å². The molecule has 2 aromatic heterocycles. The fourth-order valence-electron chi connectivity index (χ4n) is 3.22. The predicted molar refractivity (Wildman–Crippen MR) is 85.2 cm³/mol. The van der Waals surface area contributed by atoms with E-state index in [1.807, 2.05) is 4.90 Å². The standard InChI is InChI=1S/C17H22N2O4/c1-3-22-17(21)14-10-15-13(7-9-23-15)19(14)11-16(20)18-8-5-4-6-12(18)2/h7,9-10,12H,3-6,8,11H2,1-2H3/t12-/m0/s1. The Labute approximate surface area is 135 Å². The van der Waals surface area contributed by atoms with E-state index in [1.54, 1.807) is 29.9 Å². The summed E-state index contributed by atoms with van der Waals surface area (Å²) in [5.74, 6) is -0.403. The van der Waals surface area contributed by atoms with Crippen molar-refractivity contribution >= 4 is 23.0 Å². The first-order valence-electron chi connectivity index (χ1n) is 8.15. The Balaban J connectivity index is 1.88. The van der Waals surface area contributed by atoms with Gasteiger partial charge in [-0.3, -0.25) is 4.79 Å². The van der Waals surface area contributed by atoms with Gasteiger partial charge in [0.15, 0.2) is 5.58 Å². The highest BCUT2D eigenvalue weighted by Crippen LogP contribution is 2.23. The predicted octanol–water partition coefficient (Wildman–Crippen LogP) is 2.81. The van der Waals surface area contributed by atoms with Gasteiger partial charge in [0.1, 0.15) is 12.2 Å². The first kappa shape index (κ1) is 15.6. The van der Waals surface area contributed by atoms with Crippen molar-refractivity contribution in [2.75, 3.05) is 13.2 Å². The first-order valence-corrected chi connectivity index (χ1v) is 8.15. The van der Waals surface area contributed by atoms with E-state index in [0.29, 0.717) is 17.9 Å². The summed E-state index contributed by atoms with van der Waals surface area (Å²) in [4.78, 5) is 26.7. The van der Waals surface area contributed by atoms with Crippen molar-refractivity contribution in [3.63, 3.8) is 0 Å². The van der Waals surface area contributed by atoms with Gasteiger partial charge in [-0.2, -0.15) is 0 Å². The van der Waals surface area contributed by atoms with Crippen LogP contribution in [0.25, 0.3) is 11.1 Å². The van der Waals surface area contributed by atoms with Gasteiger partial charge in [0, 0.05) is 24.7 Å². The molecule has 0 bridgehead atoms. The van der Waals surface area contributed by atoms with Gasteiger partial charge in [-0.05, 0) is 33.1 Å². The third-order valence-corrected chi connectivity index (χ3v) is 4.42. The van der Waals surface area contributed by atoms with Gasteiger partial charge in [-0.1, -0.05) is 0 Å². The molecule has 1 amide bonds. The molecule has 1 atom stereocenters. The summed E-state index contributed by atoms with van der Waals surface area (Å²) >= 11 is 0. The van der Waals surface area contributed by atoms with Crippen molar-refractivity contribution in [3.8, 4) is 0 Å². The molecule has 0 radical (unpaired) electrons. The largest absolute Gasteiger partial charge is 0.463 e. The number of ether oxygens (including phenoxy) is 1. The molecule has 0 aliphatic carbocycles. The number of hydrogen-bond donors (Lipinski definition) is 0. The third kappa shape index (κ3) is 2.98. The van der Waals surface area contributed by atoms with Gasteiger partial charge < -0.3 is 18.6 Å². The number of esters is 1. The topological polar surface area (TPSA) is 64.7 Å². The Hall–Kier alpha value is -2.24. The zero-order chi connectivity index (χ0) is 16.4. The summed E-state index contributed by atoms with van der Waals surface area (Å²) in [7, 11) is 0. The molecule has 0 unspecified atom stereocenters. The number of aromatic nitrogens is 1. The van der Waals surface area contributed by atoms with Crippen LogP contribution in [0.1, 0.15) is 43.6 Å². The third-order valence-electron chi connectivity index (χ3n) is 4.42. The summed E-state index contributed by atoms with van der Waals surface area (Å²) in [6.45, 7) is 5.04. The lowest BCUT2D eigenvalue weighted by atomic mass is 10.0. The summed E-state index contributed by atoms with van der Waals surface area (Å²) < 4.78 is 12.1. The van der Waals surface area contributed by atoms with Crippen LogP contribution in [0, 0.1) is 0 Å². The molecule has 6 heteroatoms. The van der Waals surface area contributed by atoms with E-state index in [1.165, 1.54) is 0 Å². The molecular formula is C17H22N2O4. The van der Waals surface area contributed by atoms with Gasteiger partial charge >= 0.3 is 5.97 Å². The number of amides is 1. The van der Waals surface area contributed by atoms with Gasteiger partial charge in [0.05, 0.1) is 18.4 Å². The molecule has 1 aliphatic rings. The van der Waals surface area contributed by atoms with E-state index in [2.05, 4.69) is 6.92 Å². The molecule has 1 aliphatic heterocycles. The van der Waals surface area contributed by atoms with Gasteiger partial charge in [0.25, 0.3) is 0 Å². The highest BCUT2D eigenvalue weighted by molar-refractivity contribution is 5.95. The minimum Gasteiger partial charge on any atom is -0.463 e. The van der Waals surface area contributed by atoms with E-state index in [0.717, 1.165) is 31.3 Å². The van der Waals surface area contributed by atoms with Gasteiger partial charge in [-0.15, -0.1) is 0 Å². The summed E-state index contributed by atoms with van der Waals surface area (Å²) in [6, 6.07) is 3.66. The zero-order valence-electron chi connectivity index (χ0n) is 13.6. The Morgan fingerprint density at radius 2 is 2.22 bits per heavy atom. The summed E-state index contributed by atoms with van der Waals surface area (Å²) in [5, 5.41) is 0. The minimum absolute atomic E-state index is 0.0291. The summed E-state index contributed by atoms with van der Waals surface area (Å²) in [5.41, 5.74) is 1.69.